The smallest absolute Gasteiger partial charge is 0.324 e. The van der Waals surface area contributed by atoms with Crippen LogP contribution in [0.1, 0.15) is 5.56 Å². The monoisotopic (exact) mass is 183 g/mol. The van der Waals surface area contributed by atoms with Gasteiger partial charge in [0, 0.05) is 6.20 Å². The van der Waals surface area contributed by atoms with E-state index in [0.29, 0.717) is 6.54 Å². The summed E-state index contributed by atoms with van der Waals surface area (Å²) in [7, 11) is 1.32. The van der Waals surface area contributed by atoms with Crippen molar-refractivity contribution in [2.45, 2.75) is 19.5 Å². The van der Waals surface area contributed by atoms with Gasteiger partial charge >= 0.3 is 5.97 Å². The Kier molecular flexibility index (Phi) is 3.02. The number of methoxy groups -OCH3 is 1. The molecule has 5 nitrogen and oxygen atoms in total. The molecule has 0 aromatic carbocycles. The van der Waals surface area contributed by atoms with Crippen molar-refractivity contribution in [3.05, 3.63) is 18.0 Å². The largest absolute Gasteiger partial charge is 0.468 e. The van der Waals surface area contributed by atoms with E-state index >= 15 is 0 Å². The summed E-state index contributed by atoms with van der Waals surface area (Å²) in [4.78, 5) is 10.9. The Hall–Kier alpha value is -1.36. The molecular weight excluding hydrogens is 170 g/mol. The molecule has 1 atom stereocenters. The first-order chi connectivity index (χ1) is 6.13. The van der Waals surface area contributed by atoms with Gasteiger partial charge in [-0.05, 0) is 12.5 Å². The minimum atomic E-state index is -0.649. The molecule has 1 aromatic rings. The average Bonchev–Trinajstić information content (AvgIpc) is 2.49. The molecular formula is C8H13N3O2. The summed E-state index contributed by atoms with van der Waals surface area (Å²) in [5.74, 6) is -0.423. The van der Waals surface area contributed by atoms with Crippen molar-refractivity contribution in [2.24, 2.45) is 5.73 Å². The molecule has 72 valence electrons. The van der Waals surface area contributed by atoms with Crippen LogP contribution in [-0.2, 0) is 16.1 Å². The quantitative estimate of drug-likeness (QED) is 0.653. The number of esters is 1. The van der Waals surface area contributed by atoms with Crippen molar-refractivity contribution >= 4 is 5.97 Å². The molecule has 0 aliphatic carbocycles. The zero-order chi connectivity index (χ0) is 9.84. The highest BCUT2D eigenvalue weighted by molar-refractivity contribution is 5.75. The van der Waals surface area contributed by atoms with Gasteiger partial charge in [-0.15, -0.1) is 0 Å². The van der Waals surface area contributed by atoms with E-state index in [0.717, 1.165) is 5.56 Å². The third-order valence-electron chi connectivity index (χ3n) is 1.65. The first-order valence-electron chi connectivity index (χ1n) is 3.96. The first-order valence-corrected chi connectivity index (χ1v) is 3.96. The third kappa shape index (κ3) is 2.55. The maximum absolute atomic E-state index is 10.9. The van der Waals surface area contributed by atoms with Crippen molar-refractivity contribution in [2.75, 3.05) is 7.11 Å². The first kappa shape index (κ1) is 9.73. The van der Waals surface area contributed by atoms with Gasteiger partial charge in [-0.1, -0.05) is 0 Å². The fourth-order valence-corrected chi connectivity index (χ4v) is 0.994. The predicted molar refractivity (Wildman–Crippen MR) is 47.0 cm³/mol. The Balaban J connectivity index is 2.54. The van der Waals surface area contributed by atoms with Gasteiger partial charge < -0.3 is 10.5 Å². The summed E-state index contributed by atoms with van der Waals surface area (Å²) >= 11 is 0. The van der Waals surface area contributed by atoms with E-state index in [1.165, 1.54) is 7.11 Å². The Morgan fingerprint density at radius 2 is 2.54 bits per heavy atom. The second-order valence-electron chi connectivity index (χ2n) is 2.87. The van der Waals surface area contributed by atoms with Crippen LogP contribution in [0.3, 0.4) is 0 Å². The minimum Gasteiger partial charge on any atom is -0.468 e. The predicted octanol–water partition coefficient (Wildman–Crippen LogP) is -0.308. The number of carbonyl (C=O) groups excluding carboxylic acids is 1. The van der Waals surface area contributed by atoms with Crippen molar-refractivity contribution in [1.29, 1.82) is 0 Å². The zero-order valence-electron chi connectivity index (χ0n) is 7.73. The SMILES string of the molecule is COC(=O)C(N)Cn1cc(C)cn1. The fraction of sp³-hybridized carbons (Fsp3) is 0.500. The standard InChI is InChI=1S/C8H13N3O2/c1-6-3-10-11(4-6)5-7(9)8(12)13-2/h3-4,7H,5,9H2,1-2H3. The summed E-state index contributed by atoms with van der Waals surface area (Å²) < 4.78 is 6.11. The molecule has 0 saturated carbocycles. The number of ether oxygens (including phenoxy) is 1. The van der Waals surface area contributed by atoms with E-state index in [-0.39, 0.29) is 0 Å². The summed E-state index contributed by atoms with van der Waals surface area (Å²) in [6.07, 6.45) is 3.53. The Morgan fingerprint density at radius 3 is 3.00 bits per heavy atom. The number of carbonyl (C=O) groups is 1. The van der Waals surface area contributed by atoms with Crippen LogP contribution in [-0.4, -0.2) is 28.9 Å². The van der Waals surface area contributed by atoms with Crippen LogP contribution in [0.15, 0.2) is 12.4 Å². The second kappa shape index (κ2) is 4.04. The van der Waals surface area contributed by atoms with Gasteiger partial charge in [-0.3, -0.25) is 9.48 Å². The Bertz CT molecular complexity index is 295. The molecule has 13 heavy (non-hydrogen) atoms. The summed E-state index contributed by atoms with van der Waals surface area (Å²) in [5.41, 5.74) is 6.57. The number of nitrogens with two attached hydrogens (primary N) is 1. The van der Waals surface area contributed by atoms with E-state index in [4.69, 9.17) is 5.73 Å². The van der Waals surface area contributed by atoms with E-state index in [1.54, 1.807) is 10.9 Å². The normalized spacial score (nSPS) is 12.5. The van der Waals surface area contributed by atoms with Crippen LogP contribution in [0.5, 0.6) is 0 Å². The molecule has 0 saturated heterocycles. The van der Waals surface area contributed by atoms with E-state index in [1.807, 2.05) is 13.1 Å². The highest BCUT2D eigenvalue weighted by Crippen LogP contribution is 1.96. The van der Waals surface area contributed by atoms with Gasteiger partial charge in [0.15, 0.2) is 0 Å². The van der Waals surface area contributed by atoms with Crippen LogP contribution in [0.4, 0.5) is 0 Å². The summed E-state index contributed by atoms with van der Waals surface area (Å²) in [5, 5.41) is 4.00. The molecule has 0 amide bonds. The van der Waals surface area contributed by atoms with Crippen molar-refractivity contribution in [1.82, 2.24) is 9.78 Å². The lowest BCUT2D eigenvalue weighted by atomic mass is 10.3. The van der Waals surface area contributed by atoms with E-state index in [9.17, 15) is 4.79 Å². The number of aryl methyl sites for hydroxylation is 1. The third-order valence-corrected chi connectivity index (χ3v) is 1.65. The topological polar surface area (TPSA) is 70.1 Å². The molecule has 1 rings (SSSR count). The molecule has 1 heterocycles. The van der Waals surface area contributed by atoms with Gasteiger partial charge in [0.2, 0.25) is 0 Å². The highest BCUT2D eigenvalue weighted by atomic mass is 16.5. The maximum Gasteiger partial charge on any atom is 0.324 e. The lowest BCUT2D eigenvalue weighted by Crippen LogP contribution is -2.35. The maximum atomic E-state index is 10.9. The Morgan fingerprint density at radius 1 is 1.85 bits per heavy atom. The lowest BCUT2D eigenvalue weighted by molar-refractivity contribution is -0.142. The number of hydrogen-bond acceptors (Lipinski definition) is 4. The zero-order valence-corrected chi connectivity index (χ0v) is 7.73. The van der Waals surface area contributed by atoms with E-state index in [2.05, 4.69) is 9.84 Å². The van der Waals surface area contributed by atoms with Crippen molar-refractivity contribution in [3.63, 3.8) is 0 Å². The van der Waals surface area contributed by atoms with Gasteiger partial charge in [-0.25, -0.2) is 0 Å². The number of nitrogens with zero attached hydrogens (tertiary/aromatic N) is 2. The van der Waals surface area contributed by atoms with Gasteiger partial charge in [0.05, 0.1) is 19.9 Å². The molecule has 0 radical (unpaired) electrons. The fourth-order valence-electron chi connectivity index (χ4n) is 0.994. The molecule has 0 spiro atoms. The minimum absolute atomic E-state index is 0.348. The van der Waals surface area contributed by atoms with Crippen LogP contribution >= 0.6 is 0 Å². The Labute approximate surface area is 76.5 Å². The highest BCUT2D eigenvalue weighted by Gasteiger charge is 2.14. The lowest BCUT2D eigenvalue weighted by Gasteiger charge is -2.08. The molecule has 1 unspecified atom stereocenters. The van der Waals surface area contributed by atoms with Crippen LogP contribution in [0.25, 0.3) is 0 Å². The van der Waals surface area contributed by atoms with Crippen LogP contribution in [0.2, 0.25) is 0 Å². The number of rotatable bonds is 3. The molecule has 0 fully saturated rings. The second-order valence-corrected chi connectivity index (χ2v) is 2.87. The van der Waals surface area contributed by atoms with Gasteiger partial charge in [-0.2, -0.15) is 5.10 Å². The molecule has 1 aromatic heterocycles. The van der Waals surface area contributed by atoms with E-state index < -0.39 is 12.0 Å². The van der Waals surface area contributed by atoms with Crippen LogP contribution < -0.4 is 5.73 Å². The number of hydrogen-bond donors (Lipinski definition) is 1. The molecule has 5 heteroatoms. The molecule has 0 aliphatic rings. The number of aromatic nitrogens is 2. The molecule has 0 aliphatic heterocycles. The van der Waals surface area contributed by atoms with Crippen LogP contribution in [0, 0.1) is 6.92 Å². The molecule has 2 N–H and O–H groups in total. The molecule has 0 bridgehead atoms. The average molecular weight is 183 g/mol. The van der Waals surface area contributed by atoms with Gasteiger partial charge in [0.1, 0.15) is 6.04 Å². The summed E-state index contributed by atoms with van der Waals surface area (Å²) in [6.45, 7) is 2.27. The van der Waals surface area contributed by atoms with Gasteiger partial charge in [0.25, 0.3) is 0 Å². The van der Waals surface area contributed by atoms with Crippen molar-refractivity contribution in [3.8, 4) is 0 Å². The summed E-state index contributed by atoms with van der Waals surface area (Å²) in [6, 6.07) is -0.649. The van der Waals surface area contributed by atoms with Crippen molar-refractivity contribution < 1.29 is 9.53 Å².